The normalized spacial score (nSPS) is 13.8. The molecule has 0 aliphatic carbocycles. The van der Waals surface area contributed by atoms with E-state index in [1.54, 1.807) is 0 Å². The van der Waals surface area contributed by atoms with Gasteiger partial charge in [-0.2, -0.15) is 0 Å². The van der Waals surface area contributed by atoms with Gasteiger partial charge in [0.15, 0.2) is 0 Å². The Morgan fingerprint density at radius 2 is 2.21 bits per heavy atom. The highest BCUT2D eigenvalue weighted by Gasteiger charge is 2.09. The summed E-state index contributed by atoms with van der Waals surface area (Å²) in [6.07, 6.45) is 3.68. The van der Waals surface area contributed by atoms with Gasteiger partial charge in [0, 0.05) is 10.0 Å². The number of allylic oxidation sites excluding steroid dienone is 2. The molecular formula is C11H18INO. The first-order valence-electron chi connectivity index (χ1n) is 4.74. The summed E-state index contributed by atoms with van der Waals surface area (Å²) < 4.78 is 1.06. The van der Waals surface area contributed by atoms with Crippen molar-refractivity contribution >= 4 is 28.5 Å². The van der Waals surface area contributed by atoms with Gasteiger partial charge in [-0.25, -0.2) is 0 Å². The highest BCUT2D eigenvalue weighted by molar-refractivity contribution is 14.1. The minimum Gasteiger partial charge on any atom is -0.366 e. The fourth-order valence-electron chi connectivity index (χ4n) is 1.21. The number of amides is 1. The molecule has 1 atom stereocenters. The van der Waals surface area contributed by atoms with Crippen molar-refractivity contribution in [3.63, 3.8) is 0 Å². The molecule has 0 heterocycles. The Bertz CT molecular complexity index is 246. The molecule has 0 fully saturated rings. The largest absolute Gasteiger partial charge is 0.366 e. The van der Waals surface area contributed by atoms with Crippen LogP contribution < -0.4 is 5.73 Å². The summed E-state index contributed by atoms with van der Waals surface area (Å²) >= 11 is 2.33. The molecule has 0 spiro atoms. The number of rotatable bonds is 6. The van der Waals surface area contributed by atoms with Crippen molar-refractivity contribution in [2.75, 3.05) is 4.43 Å². The zero-order valence-electron chi connectivity index (χ0n) is 8.85. The number of alkyl halides is 1. The molecule has 0 bridgehead atoms. The van der Waals surface area contributed by atoms with Crippen LogP contribution in [0.15, 0.2) is 23.8 Å². The molecule has 0 aromatic carbocycles. The Labute approximate surface area is 99.8 Å². The van der Waals surface area contributed by atoms with E-state index in [2.05, 4.69) is 29.2 Å². The number of primary amides is 1. The highest BCUT2D eigenvalue weighted by Crippen LogP contribution is 2.19. The lowest BCUT2D eigenvalue weighted by Gasteiger charge is -2.12. The highest BCUT2D eigenvalue weighted by atomic mass is 127. The van der Waals surface area contributed by atoms with Crippen LogP contribution >= 0.6 is 22.6 Å². The fraction of sp³-hybridized carbons (Fsp3) is 0.545. The second kappa shape index (κ2) is 7.04. The SMILES string of the molecule is C=C(C)C(/C=C(\CC)C(N)=O)CCI. The lowest BCUT2D eigenvalue weighted by atomic mass is 9.95. The topological polar surface area (TPSA) is 43.1 Å². The molecule has 14 heavy (non-hydrogen) atoms. The number of nitrogens with two attached hydrogens (primary N) is 1. The van der Waals surface area contributed by atoms with Crippen LogP contribution in [0, 0.1) is 5.92 Å². The summed E-state index contributed by atoms with van der Waals surface area (Å²) in [6.45, 7) is 7.85. The van der Waals surface area contributed by atoms with Gasteiger partial charge in [0.1, 0.15) is 0 Å². The Balaban J connectivity index is 4.66. The lowest BCUT2D eigenvalue weighted by molar-refractivity contribution is -0.114. The average molecular weight is 307 g/mol. The Hall–Kier alpha value is -0.320. The van der Waals surface area contributed by atoms with Crippen LogP contribution in [0.3, 0.4) is 0 Å². The summed E-state index contributed by atoms with van der Waals surface area (Å²) in [4.78, 5) is 11.0. The van der Waals surface area contributed by atoms with Crippen LogP contribution in [0.2, 0.25) is 0 Å². The molecule has 0 saturated carbocycles. The summed E-state index contributed by atoms with van der Waals surface area (Å²) in [5.74, 6) is -0.0263. The number of hydrogen-bond acceptors (Lipinski definition) is 1. The van der Waals surface area contributed by atoms with E-state index < -0.39 is 0 Å². The zero-order chi connectivity index (χ0) is 11.1. The molecule has 0 aliphatic rings. The van der Waals surface area contributed by atoms with Crippen LogP contribution in [0.4, 0.5) is 0 Å². The third-order valence-electron chi connectivity index (χ3n) is 2.15. The predicted octanol–water partition coefficient (Wildman–Crippen LogP) is 2.83. The Morgan fingerprint density at radius 1 is 1.64 bits per heavy atom. The molecule has 0 aliphatic heterocycles. The third kappa shape index (κ3) is 4.79. The zero-order valence-corrected chi connectivity index (χ0v) is 11.0. The first-order chi connectivity index (χ1) is 6.52. The van der Waals surface area contributed by atoms with Crippen LogP contribution in [-0.2, 0) is 4.79 Å². The van der Waals surface area contributed by atoms with Crippen molar-refractivity contribution in [2.24, 2.45) is 11.7 Å². The molecular weight excluding hydrogens is 289 g/mol. The van der Waals surface area contributed by atoms with Crippen molar-refractivity contribution in [1.82, 2.24) is 0 Å². The summed E-state index contributed by atoms with van der Waals surface area (Å²) in [7, 11) is 0. The maximum Gasteiger partial charge on any atom is 0.244 e. The molecule has 2 N–H and O–H groups in total. The molecule has 1 amide bonds. The van der Waals surface area contributed by atoms with Crippen LogP contribution in [-0.4, -0.2) is 10.3 Å². The molecule has 0 aromatic rings. The van der Waals surface area contributed by atoms with Gasteiger partial charge in [-0.15, -0.1) is 0 Å². The van der Waals surface area contributed by atoms with E-state index in [9.17, 15) is 4.79 Å². The smallest absolute Gasteiger partial charge is 0.244 e. The van der Waals surface area contributed by atoms with E-state index in [-0.39, 0.29) is 11.8 Å². The Morgan fingerprint density at radius 3 is 2.50 bits per heavy atom. The van der Waals surface area contributed by atoms with Gasteiger partial charge in [0.05, 0.1) is 0 Å². The molecule has 3 heteroatoms. The second-order valence-electron chi connectivity index (χ2n) is 3.34. The van der Waals surface area contributed by atoms with Gasteiger partial charge in [-0.05, 0) is 25.7 Å². The van der Waals surface area contributed by atoms with Crippen molar-refractivity contribution in [3.8, 4) is 0 Å². The third-order valence-corrected chi connectivity index (χ3v) is 2.78. The van der Waals surface area contributed by atoms with Gasteiger partial charge in [-0.1, -0.05) is 47.7 Å². The first-order valence-corrected chi connectivity index (χ1v) is 6.27. The van der Waals surface area contributed by atoms with Crippen LogP contribution in [0.1, 0.15) is 26.7 Å². The van der Waals surface area contributed by atoms with E-state index in [0.717, 1.165) is 16.4 Å². The first kappa shape index (κ1) is 13.7. The van der Waals surface area contributed by atoms with Crippen molar-refractivity contribution in [1.29, 1.82) is 0 Å². The molecule has 80 valence electrons. The maximum atomic E-state index is 11.0. The minimum absolute atomic E-state index is 0.286. The number of hydrogen-bond donors (Lipinski definition) is 1. The average Bonchev–Trinajstić information content (AvgIpc) is 2.11. The van der Waals surface area contributed by atoms with E-state index >= 15 is 0 Å². The van der Waals surface area contributed by atoms with Crippen LogP contribution in [0.25, 0.3) is 0 Å². The quantitative estimate of drug-likeness (QED) is 0.349. The van der Waals surface area contributed by atoms with Gasteiger partial charge < -0.3 is 5.73 Å². The monoisotopic (exact) mass is 307 g/mol. The Kier molecular flexibility index (Phi) is 6.87. The summed E-state index contributed by atoms with van der Waals surface area (Å²) in [6, 6.07) is 0. The predicted molar refractivity (Wildman–Crippen MR) is 69.4 cm³/mol. The lowest BCUT2D eigenvalue weighted by Crippen LogP contribution is -2.15. The van der Waals surface area contributed by atoms with Gasteiger partial charge in [0.2, 0.25) is 5.91 Å². The van der Waals surface area contributed by atoms with Crippen LogP contribution in [0.5, 0.6) is 0 Å². The van der Waals surface area contributed by atoms with Crippen molar-refractivity contribution < 1.29 is 4.79 Å². The van der Waals surface area contributed by atoms with E-state index in [1.807, 2.05) is 19.9 Å². The minimum atomic E-state index is -0.313. The van der Waals surface area contributed by atoms with E-state index in [4.69, 9.17) is 5.73 Å². The molecule has 0 aromatic heterocycles. The second-order valence-corrected chi connectivity index (χ2v) is 4.42. The molecule has 1 unspecified atom stereocenters. The number of carbonyl (C=O) groups excluding carboxylic acids is 1. The fourth-order valence-corrected chi connectivity index (χ4v) is 1.88. The van der Waals surface area contributed by atoms with Gasteiger partial charge in [0.25, 0.3) is 0 Å². The standard InChI is InChI=1S/C11H18INO/c1-4-9(11(13)14)7-10(5-6-12)8(2)3/h7,10H,2,4-6H2,1,3H3,(H2,13,14)/b9-7+. The van der Waals surface area contributed by atoms with Gasteiger partial charge >= 0.3 is 0 Å². The van der Waals surface area contributed by atoms with E-state index in [1.165, 1.54) is 0 Å². The number of halogens is 1. The summed E-state index contributed by atoms with van der Waals surface area (Å²) in [5.41, 5.74) is 7.06. The van der Waals surface area contributed by atoms with Gasteiger partial charge in [-0.3, -0.25) is 4.79 Å². The summed E-state index contributed by atoms with van der Waals surface area (Å²) in [5, 5.41) is 0. The van der Waals surface area contributed by atoms with Crippen molar-refractivity contribution in [3.05, 3.63) is 23.8 Å². The maximum absolute atomic E-state index is 11.0. The molecule has 2 nitrogen and oxygen atoms in total. The molecule has 0 saturated heterocycles. The molecule has 0 rings (SSSR count). The van der Waals surface area contributed by atoms with Crippen molar-refractivity contribution in [2.45, 2.75) is 26.7 Å². The van der Waals surface area contributed by atoms with E-state index in [0.29, 0.717) is 12.0 Å². The number of carbonyl (C=O) groups is 1. The molecule has 0 radical (unpaired) electrons.